The Kier molecular flexibility index (Phi) is 7.63. The summed E-state index contributed by atoms with van der Waals surface area (Å²) < 4.78 is 3.90. The number of fused-ring (bicyclic) bond motifs is 5. The van der Waals surface area contributed by atoms with Crippen LogP contribution in [0.4, 0.5) is 0 Å². The Morgan fingerprint density at radius 1 is 0.947 bits per heavy atom. The second-order valence-corrected chi connectivity index (χ2v) is 12.1. The van der Waals surface area contributed by atoms with E-state index < -0.39 is 0 Å². The van der Waals surface area contributed by atoms with Gasteiger partial charge in [0.2, 0.25) is 5.78 Å². The molecule has 8 heteroatoms. The fourth-order valence-corrected chi connectivity index (χ4v) is 7.73. The average Bonchev–Trinajstić information content (AvgIpc) is 3.53. The lowest BCUT2D eigenvalue weighted by Gasteiger charge is -2.26. The quantitative estimate of drug-likeness (QED) is 0.145. The second-order valence-electron chi connectivity index (χ2n) is 9.99. The fraction of sp³-hybridized carbons (Fsp3) is 0.367. The minimum Gasteiger partial charge on any atom is -0.294 e. The number of thioether (sulfide) groups is 1. The molecule has 0 aliphatic carbocycles. The van der Waals surface area contributed by atoms with Crippen LogP contribution in [0, 0.1) is 0 Å². The summed E-state index contributed by atoms with van der Waals surface area (Å²) in [4.78, 5) is 18.8. The highest BCUT2D eigenvalue weighted by atomic mass is 32.2. The van der Waals surface area contributed by atoms with E-state index in [9.17, 15) is 4.79 Å². The predicted molar refractivity (Wildman–Crippen MR) is 158 cm³/mol. The predicted octanol–water partition coefficient (Wildman–Crippen LogP) is 6.72. The van der Waals surface area contributed by atoms with Crippen LogP contribution in [-0.2, 0) is 19.5 Å². The van der Waals surface area contributed by atoms with E-state index in [2.05, 4.69) is 56.8 Å². The highest BCUT2D eigenvalue weighted by Gasteiger charge is 2.27. The third-order valence-corrected chi connectivity index (χ3v) is 9.51. The van der Waals surface area contributed by atoms with Gasteiger partial charge in [-0.2, -0.15) is 0 Å². The van der Waals surface area contributed by atoms with Crippen molar-refractivity contribution in [1.29, 1.82) is 0 Å². The lowest BCUT2D eigenvalue weighted by atomic mass is 10.0. The van der Waals surface area contributed by atoms with Crippen LogP contribution in [-0.4, -0.2) is 36.4 Å². The first kappa shape index (κ1) is 25.3. The molecule has 0 bridgehead atoms. The molecule has 0 spiro atoms. The maximum absolute atomic E-state index is 14.1. The van der Waals surface area contributed by atoms with Crippen LogP contribution in [0.5, 0.6) is 0 Å². The number of rotatable bonds is 10. The number of thiophene rings is 1. The summed E-state index contributed by atoms with van der Waals surface area (Å²) in [5.41, 5.74) is 3.36. The van der Waals surface area contributed by atoms with Crippen LogP contribution in [0.25, 0.3) is 21.7 Å². The Hall–Kier alpha value is -2.94. The number of para-hydroxylation sites is 1. The Morgan fingerprint density at radius 3 is 2.50 bits per heavy atom. The Bertz CT molecular complexity index is 1590. The summed E-state index contributed by atoms with van der Waals surface area (Å²) >= 11 is 3.50. The van der Waals surface area contributed by atoms with E-state index in [1.54, 1.807) is 27.7 Å². The minimum absolute atomic E-state index is 0.0104. The van der Waals surface area contributed by atoms with Gasteiger partial charge in [0, 0.05) is 30.3 Å². The smallest absolute Gasteiger partial charge is 0.268 e. The molecule has 1 aliphatic heterocycles. The lowest BCUT2D eigenvalue weighted by Crippen LogP contribution is -2.30. The molecule has 5 aromatic rings. The van der Waals surface area contributed by atoms with Crippen LogP contribution in [0.1, 0.15) is 55.0 Å². The molecule has 6 rings (SSSR count). The fourth-order valence-electron chi connectivity index (χ4n) is 5.36. The highest BCUT2D eigenvalue weighted by Crippen LogP contribution is 2.36. The molecule has 0 saturated heterocycles. The summed E-state index contributed by atoms with van der Waals surface area (Å²) in [7, 11) is 0. The molecule has 0 unspecified atom stereocenters. The van der Waals surface area contributed by atoms with Gasteiger partial charge < -0.3 is 0 Å². The standard InChI is InChI=1S/C30H33N5OS2/c1-2-3-4-5-12-19-37-30-32-31-29-34(23-15-10-7-11-16-23)27(36)26-24-17-18-33(20-22-13-8-6-9-14-22)21-25(24)38-28(26)35(29)30/h6-11,13-16H,2-5,12,17-21H2,1H3. The van der Waals surface area contributed by atoms with E-state index in [4.69, 9.17) is 0 Å². The number of aromatic nitrogens is 4. The third kappa shape index (κ3) is 4.93. The molecule has 0 radical (unpaired) electrons. The summed E-state index contributed by atoms with van der Waals surface area (Å²) in [6, 6.07) is 20.5. The third-order valence-electron chi connectivity index (χ3n) is 7.30. The van der Waals surface area contributed by atoms with E-state index in [0.717, 1.165) is 59.3 Å². The summed E-state index contributed by atoms with van der Waals surface area (Å²) in [6.07, 6.45) is 7.11. The first-order valence-electron chi connectivity index (χ1n) is 13.6. The number of unbranched alkanes of at least 4 members (excludes halogenated alkanes) is 4. The second kappa shape index (κ2) is 11.4. The summed E-state index contributed by atoms with van der Waals surface area (Å²) in [5, 5.41) is 10.9. The van der Waals surface area contributed by atoms with Crippen molar-refractivity contribution >= 4 is 39.1 Å². The first-order valence-corrected chi connectivity index (χ1v) is 15.4. The van der Waals surface area contributed by atoms with Crippen LogP contribution in [0.2, 0.25) is 0 Å². The number of hydrogen-bond donors (Lipinski definition) is 0. The normalized spacial score (nSPS) is 13.9. The Labute approximate surface area is 231 Å². The molecule has 0 N–H and O–H groups in total. The monoisotopic (exact) mass is 543 g/mol. The molecule has 2 aromatic carbocycles. The van der Waals surface area contributed by atoms with Crippen LogP contribution < -0.4 is 5.56 Å². The number of nitrogens with zero attached hydrogens (tertiary/aromatic N) is 5. The minimum atomic E-state index is 0.0104. The van der Waals surface area contributed by atoms with Gasteiger partial charge in [0.25, 0.3) is 5.56 Å². The highest BCUT2D eigenvalue weighted by molar-refractivity contribution is 7.99. The van der Waals surface area contributed by atoms with Crippen molar-refractivity contribution in [2.75, 3.05) is 12.3 Å². The van der Waals surface area contributed by atoms with E-state index in [1.165, 1.54) is 41.7 Å². The lowest BCUT2D eigenvalue weighted by molar-refractivity contribution is 0.249. The Balaban J connectivity index is 1.41. The van der Waals surface area contributed by atoms with E-state index in [-0.39, 0.29) is 5.56 Å². The first-order chi connectivity index (χ1) is 18.7. The van der Waals surface area contributed by atoms with Crippen molar-refractivity contribution < 1.29 is 0 Å². The van der Waals surface area contributed by atoms with Crippen LogP contribution >= 0.6 is 23.1 Å². The number of benzene rings is 2. The van der Waals surface area contributed by atoms with Crippen molar-refractivity contribution in [3.05, 3.63) is 87.0 Å². The molecule has 0 atom stereocenters. The molecule has 0 saturated carbocycles. The maximum Gasteiger partial charge on any atom is 0.268 e. The van der Waals surface area contributed by atoms with Gasteiger partial charge in [0.05, 0.1) is 11.1 Å². The van der Waals surface area contributed by atoms with Crippen molar-refractivity contribution in [3.63, 3.8) is 0 Å². The van der Waals surface area contributed by atoms with Crippen molar-refractivity contribution in [1.82, 2.24) is 24.1 Å². The summed E-state index contributed by atoms with van der Waals surface area (Å²) in [5.74, 6) is 1.61. The van der Waals surface area contributed by atoms with Crippen LogP contribution in [0.3, 0.4) is 0 Å². The number of hydrogen-bond acceptors (Lipinski definition) is 6. The van der Waals surface area contributed by atoms with Crippen molar-refractivity contribution in [3.8, 4) is 5.69 Å². The van der Waals surface area contributed by atoms with Gasteiger partial charge in [-0.05, 0) is 36.1 Å². The van der Waals surface area contributed by atoms with Gasteiger partial charge in [-0.25, -0.2) is 8.97 Å². The largest absolute Gasteiger partial charge is 0.294 e. The molecule has 38 heavy (non-hydrogen) atoms. The molecule has 0 amide bonds. The van der Waals surface area contributed by atoms with Crippen molar-refractivity contribution in [2.45, 2.75) is 63.7 Å². The average molecular weight is 544 g/mol. The van der Waals surface area contributed by atoms with E-state index >= 15 is 0 Å². The SMILES string of the molecule is CCCCCCCSc1nnc2n(-c3ccccc3)c(=O)c3c4c(sc3n12)CN(Cc1ccccc1)CC4. The molecular formula is C30H33N5OS2. The maximum atomic E-state index is 14.1. The Morgan fingerprint density at radius 2 is 1.71 bits per heavy atom. The van der Waals surface area contributed by atoms with E-state index in [1.807, 2.05) is 30.3 Å². The molecule has 0 fully saturated rings. The van der Waals surface area contributed by atoms with Gasteiger partial charge in [-0.1, -0.05) is 92.9 Å². The zero-order chi connectivity index (χ0) is 25.9. The molecule has 3 aromatic heterocycles. The van der Waals surface area contributed by atoms with Crippen LogP contribution in [0.15, 0.2) is 70.6 Å². The molecule has 1 aliphatic rings. The zero-order valence-electron chi connectivity index (χ0n) is 21.8. The van der Waals surface area contributed by atoms with Crippen molar-refractivity contribution in [2.24, 2.45) is 0 Å². The molecular weight excluding hydrogens is 510 g/mol. The molecule has 4 heterocycles. The van der Waals surface area contributed by atoms with Gasteiger partial charge >= 0.3 is 0 Å². The van der Waals surface area contributed by atoms with Gasteiger partial charge in [-0.15, -0.1) is 21.5 Å². The molecule has 196 valence electrons. The van der Waals surface area contributed by atoms with Gasteiger partial charge in [-0.3, -0.25) is 9.69 Å². The topological polar surface area (TPSA) is 55.4 Å². The van der Waals surface area contributed by atoms with E-state index in [0.29, 0.717) is 5.78 Å². The zero-order valence-corrected chi connectivity index (χ0v) is 23.4. The summed E-state index contributed by atoms with van der Waals surface area (Å²) in [6.45, 7) is 4.97. The van der Waals surface area contributed by atoms with Gasteiger partial charge in [0.1, 0.15) is 4.83 Å². The van der Waals surface area contributed by atoms with Gasteiger partial charge in [0.15, 0.2) is 5.16 Å². The molecule has 6 nitrogen and oxygen atoms in total.